The summed E-state index contributed by atoms with van der Waals surface area (Å²) in [5.41, 5.74) is 1.88. The standard InChI is InChI=1S/C25H21NO4S2/c27-23(28)11-6-14-26-24(29)22(32-25(26)31)15-20-19-10-5-4-9-18(19)12-13-21(20)30-16-17-7-2-1-3-8-17/h1-5,7-10,12-13,15H,6,11,14,16H2,(H,27,28)/b22-15-. The van der Waals surface area contributed by atoms with Crippen molar-refractivity contribution in [3.63, 3.8) is 0 Å². The number of carbonyl (C=O) groups excluding carboxylic acids is 1. The van der Waals surface area contributed by atoms with Crippen molar-refractivity contribution in [3.8, 4) is 5.75 Å². The number of carboxylic acid groups (broad SMARTS) is 1. The van der Waals surface area contributed by atoms with Crippen LogP contribution in [0.15, 0.2) is 71.6 Å². The summed E-state index contributed by atoms with van der Waals surface area (Å²) in [7, 11) is 0. The highest BCUT2D eigenvalue weighted by Crippen LogP contribution is 2.37. The van der Waals surface area contributed by atoms with Crippen LogP contribution in [-0.4, -0.2) is 32.7 Å². The van der Waals surface area contributed by atoms with Gasteiger partial charge < -0.3 is 9.84 Å². The van der Waals surface area contributed by atoms with Gasteiger partial charge in [0.05, 0.1) is 4.91 Å². The minimum Gasteiger partial charge on any atom is -0.488 e. The van der Waals surface area contributed by atoms with Crippen molar-refractivity contribution in [2.24, 2.45) is 0 Å². The van der Waals surface area contributed by atoms with Crippen LogP contribution in [0.25, 0.3) is 16.8 Å². The first kappa shape index (κ1) is 22.0. The van der Waals surface area contributed by atoms with Crippen LogP contribution >= 0.6 is 24.0 Å². The molecular weight excluding hydrogens is 442 g/mol. The molecule has 162 valence electrons. The quantitative estimate of drug-likeness (QED) is 0.352. The maximum absolute atomic E-state index is 13.0. The second-order valence-corrected chi connectivity index (χ2v) is 8.98. The van der Waals surface area contributed by atoms with Crippen LogP contribution in [0.5, 0.6) is 5.75 Å². The zero-order valence-corrected chi connectivity index (χ0v) is 18.8. The highest BCUT2D eigenvalue weighted by molar-refractivity contribution is 8.26. The molecule has 0 saturated carbocycles. The molecule has 0 atom stereocenters. The fourth-order valence-electron chi connectivity index (χ4n) is 3.50. The molecular formula is C25H21NO4S2. The maximum atomic E-state index is 13.0. The molecule has 1 saturated heterocycles. The van der Waals surface area contributed by atoms with Gasteiger partial charge in [-0.2, -0.15) is 0 Å². The van der Waals surface area contributed by atoms with Crippen LogP contribution in [-0.2, 0) is 16.2 Å². The second-order valence-electron chi connectivity index (χ2n) is 7.30. The van der Waals surface area contributed by atoms with E-state index in [1.165, 1.54) is 16.7 Å². The highest BCUT2D eigenvalue weighted by atomic mass is 32.2. The SMILES string of the molecule is O=C(O)CCCN1C(=O)/C(=C/c2c(OCc3ccccc3)ccc3ccccc23)SC1=S. The smallest absolute Gasteiger partial charge is 0.303 e. The Labute approximate surface area is 195 Å². The van der Waals surface area contributed by atoms with Gasteiger partial charge in [-0.25, -0.2) is 0 Å². The minimum absolute atomic E-state index is 0.00307. The number of aliphatic carboxylic acids is 1. The fourth-order valence-corrected chi connectivity index (χ4v) is 4.79. The Morgan fingerprint density at radius 3 is 2.59 bits per heavy atom. The first-order valence-corrected chi connectivity index (χ1v) is 11.4. The van der Waals surface area contributed by atoms with Gasteiger partial charge in [0.1, 0.15) is 16.7 Å². The van der Waals surface area contributed by atoms with Gasteiger partial charge in [-0.05, 0) is 34.9 Å². The Morgan fingerprint density at radius 1 is 1.06 bits per heavy atom. The number of hydrogen-bond donors (Lipinski definition) is 1. The van der Waals surface area contributed by atoms with Crippen molar-refractivity contribution < 1.29 is 19.4 Å². The average molecular weight is 464 g/mol. The van der Waals surface area contributed by atoms with Gasteiger partial charge >= 0.3 is 5.97 Å². The molecule has 0 aliphatic carbocycles. The van der Waals surface area contributed by atoms with E-state index in [1.54, 1.807) is 0 Å². The molecule has 3 aromatic rings. The molecule has 1 amide bonds. The molecule has 32 heavy (non-hydrogen) atoms. The monoisotopic (exact) mass is 463 g/mol. The number of thioether (sulfide) groups is 1. The topological polar surface area (TPSA) is 66.8 Å². The molecule has 1 aliphatic rings. The molecule has 0 radical (unpaired) electrons. The van der Waals surface area contributed by atoms with Crippen LogP contribution in [0, 0.1) is 0 Å². The number of benzene rings is 3. The van der Waals surface area contributed by atoms with Crippen molar-refractivity contribution in [2.45, 2.75) is 19.4 Å². The molecule has 0 unspecified atom stereocenters. The van der Waals surface area contributed by atoms with E-state index < -0.39 is 5.97 Å². The van der Waals surface area contributed by atoms with E-state index in [1.807, 2.05) is 72.8 Å². The molecule has 1 aliphatic heterocycles. The third kappa shape index (κ3) is 5.00. The molecule has 4 rings (SSSR count). The van der Waals surface area contributed by atoms with Crippen LogP contribution in [0.2, 0.25) is 0 Å². The first-order valence-electron chi connectivity index (χ1n) is 10.2. The molecule has 1 heterocycles. The fraction of sp³-hybridized carbons (Fsp3) is 0.160. The minimum atomic E-state index is -0.887. The van der Waals surface area contributed by atoms with Gasteiger partial charge in [-0.15, -0.1) is 0 Å². The third-order valence-corrected chi connectivity index (χ3v) is 6.47. The number of hydrogen-bond acceptors (Lipinski definition) is 5. The lowest BCUT2D eigenvalue weighted by molar-refractivity contribution is -0.137. The summed E-state index contributed by atoms with van der Waals surface area (Å²) < 4.78 is 6.59. The Kier molecular flexibility index (Phi) is 6.87. The lowest BCUT2D eigenvalue weighted by Crippen LogP contribution is -2.29. The molecule has 7 heteroatoms. The van der Waals surface area contributed by atoms with E-state index in [4.69, 9.17) is 22.1 Å². The number of thiocarbonyl (C=S) groups is 1. The first-order chi connectivity index (χ1) is 15.5. The number of amides is 1. The van der Waals surface area contributed by atoms with Gasteiger partial charge in [0.2, 0.25) is 0 Å². The van der Waals surface area contributed by atoms with E-state index >= 15 is 0 Å². The normalized spacial score (nSPS) is 15.0. The van der Waals surface area contributed by atoms with Crippen LogP contribution < -0.4 is 4.74 Å². The van der Waals surface area contributed by atoms with E-state index in [0.29, 0.717) is 34.5 Å². The predicted octanol–water partition coefficient (Wildman–Crippen LogP) is 5.48. The van der Waals surface area contributed by atoms with Gasteiger partial charge in [0.15, 0.2) is 0 Å². The van der Waals surface area contributed by atoms with E-state index in [9.17, 15) is 9.59 Å². The van der Waals surface area contributed by atoms with Crippen molar-refractivity contribution >= 4 is 57.0 Å². The maximum Gasteiger partial charge on any atom is 0.303 e. The summed E-state index contributed by atoms with van der Waals surface area (Å²) >= 11 is 6.62. The molecule has 0 aromatic heterocycles. The van der Waals surface area contributed by atoms with Crippen molar-refractivity contribution in [1.29, 1.82) is 0 Å². The zero-order valence-electron chi connectivity index (χ0n) is 17.2. The molecule has 5 nitrogen and oxygen atoms in total. The largest absolute Gasteiger partial charge is 0.488 e. The number of carboxylic acids is 1. The average Bonchev–Trinajstić information content (AvgIpc) is 3.06. The Hall–Kier alpha value is -3.16. The zero-order chi connectivity index (χ0) is 22.5. The summed E-state index contributed by atoms with van der Waals surface area (Å²) in [5, 5.41) is 10.9. The summed E-state index contributed by atoms with van der Waals surface area (Å²) in [5.74, 6) is -0.405. The molecule has 0 bridgehead atoms. The molecule has 1 fully saturated rings. The summed E-state index contributed by atoms with van der Waals surface area (Å²) in [4.78, 5) is 25.8. The van der Waals surface area contributed by atoms with Crippen LogP contribution in [0.4, 0.5) is 0 Å². The second kappa shape index (κ2) is 9.97. The number of carbonyl (C=O) groups is 2. The third-order valence-electron chi connectivity index (χ3n) is 5.09. The van der Waals surface area contributed by atoms with E-state index in [-0.39, 0.29) is 12.3 Å². The number of fused-ring (bicyclic) bond motifs is 1. The number of rotatable bonds is 8. The van der Waals surface area contributed by atoms with Gasteiger partial charge in [0.25, 0.3) is 5.91 Å². The summed E-state index contributed by atoms with van der Waals surface area (Å²) in [6.45, 7) is 0.706. The summed E-state index contributed by atoms with van der Waals surface area (Å²) in [6, 6.07) is 21.8. The number of nitrogens with zero attached hydrogens (tertiary/aromatic N) is 1. The Morgan fingerprint density at radius 2 is 1.81 bits per heavy atom. The number of ether oxygens (including phenoxy) is 1. The van der Waals surface area contributed by atoms with Crippen LogP contribution in [0.3, 0.4) is 0 Å². The van der Waals surface area contributed by atoms with Crippen molar-refractivity contribution in [2.75, 3.05) is 6.54 Å². The van der Waals surface area contributed by atoms with E-state index in [2.05, 4.69) is 0 Å². The Bertz CT molecular complexity index is 1210. The Balaban J connectivity index is 1.65. The molecule has 1 N–H and O–H groups in total. The van der Waals surface area contributed by atoms with Gasteiger partial charge in [-0.3, -0.25) is 14.5 Å². The van der Waals surface area contributed by atoms with Crippen molar-refractivity contribution in [1.82, 2.24) is 4.90 Å². The lowest BCUT2D eigenvalue weighted by Gasteiger charge is -2.14. The molecule has 3 aromatic carbocycles. The highest BCUT2D eigenvalue weighted by Gasteiger charge is 2.32. The van der Waals surface area contributed by atoms with Gasteiger partial charge in [-0.1, -0.05) is 84.6 Å². The van der Waals surface area contributed by atoms with Crippen LogP contribution in [0.1, 0.15) is 24.0 Å². The van der Waals surface area contributed by atoms with Gasteiger partial charge in [0, 0.05) is 18.5 Å². The predicted molar refractivity (Wildman–Crippen MR) is 131 cm³/mol. The van der Waals surface area contributed by atoms with E-state index in [0.717, 1.165) is 21.9 Å². The van der Waals surface area contributed by atoms with Crippen molar-refractivity contribution in [3.05, 3.63) is 82.8 Å². The lowest BCUT2D eigenvalue weighted by atomic mass is 10.0. The molecule has 0 spiro atoms. The summed E-state index contributed by atoms with van der Waals surface area (Å²) in [6.07, 6.45) is 2.19.